The van der Waals surface area contributed by atoms with Crippen molar-refractivity contribution in [1.29, 1.82) is 0 Å². The highest BCUT2D eigenvalue weighted by Crippen LogP contribution is 2.34. The highest BCUT2D eigenvalue weighted by molar-refractivity contribution is 6.29. The zero-order chi connectivity index (χ0) is 11.7. The lowest BCUT2D eigenvalue weighted by Gasteiger charge is -2.40. The minimum Gasteiger partial charge on any atom is -0.336 e. The summed E-state index contributed by atoms with van der Waals surface area (Å²) >= 11 is 5.26. The van der Waals surface area contributed by atoms with Crippen LogP contribution >= 0.6 is 11.6 Å². The standard InChI is InChI=1S/C8H9ClF3NO2/c9-4-5(14)7(2-1-3-7)13-6(15)8(10,11)12/h1-4H2,(H,13,15). The molecule has 1 amide bonds. The second-order valence-electron chi connectivity index (χ2n) is 3.44. The summed E-state index contributed by atoms with van der Waals surface area (Å²) in [6.45, 7) is 0. The van der Waals surface area contributed by atoms with Gasteiger partial charge in [-0.2, -0.15) is 13.2 Å². The largest absolute Gasteiger partial charge is 0.471 e. The fourth-order valence-corrected chi connectivity index (χ4v) is 1.68. The first-order valence-electron chi connectivity index (χ1n) is 4.30. The van der Waals surface area contributed by atoms with Crippen LogP contribution < -0.4 is 5.32 Å². The molecule has 0 heterocycles. The summed E-state index contributed by atoms with van der Waals surface area (Å²) in [6.07, 6.45) is -3.91. The van der Waals surface area contributed by atoms with Gasteiger partial charge in [0.05, 0.1) is 5.88 Å². The smallest absolute Gasteiger partial charge is 0.336 e. The topological polar surface area (TPSA) is 46.2 Å². The van der Waals surface area contributed by atoms with Gasteiger partial charge in [-0.25, -0.2) is 0 Å². The van der Waals surface area contributed by atoms with E-state index in [-0.39, 0.29) is 12.8 Å². The predicted octanol–water partition coefficient (Wildman–Crippen LogP) is 1.40. The predicted molar refractivity (Wildman–Crippen MR) is 46.5 cm³/mol. The number of carbonyl (C=O) groups excluding carboxylic acids is 2. The van der Waals surface area contributed by atoms with Gasteiger partial charge in [0, 0.05) is 0 Å². The first-order chi connectivity index (χ1) is 6.82. The highest BCUT2D eigenvalue weighted by Gasteiger charge is 2.49. The van der Waals surface area contributed by atoms with Crippen LogP contribution in [-0.4, -0.2) is 29.3 Å². The average Bonchev–Trinajstić information content (AvgIpc) is 2.08. The molecule has 1 saturated carbocycles. The van der Waals surface area contributed by atoms with E-state index in [1.165, 1.54) is 0 Å². The minimum atomic E-state index is -4.96. The van der Waals surface area contributed by atoms with Gasteiger partial charge < -0.3 is 5.32 Å². The molecule has 1 rings (SSSR count). The van der Waals surface area contributed by atoms with Gasteiger partial charge in [0.1, 0.15) is 5.54 Å². The Hall–Kier alpha value is -0.780. The third-order valence-corrected chi connectivity index (χ3v) is 2.72. The number of hydrogen-bond acceptors (Lipinski definition) is 2. The average molecular weight is 244 g/mol. The molecule has 1 fully saturated rings. The molecule has 0 aromatic heterocycles. The van der Waals surface area contributed by atoms with Crippen molar-refractivity contribution in [2.75, 3.05) is 5.88 Å². The second kappa shape index (κ2) is 4.00. The number of carbonyl (C=O) groups is 2. The molecule has 0 bridgehead atoms. The Morgan fingerprint density at radius 3 is 2.13 bits per heavy atom. The maximum atomic E-state index is 12.0. The number of Topliss-reactive ketones (excluding diaryl/α,β-unsaturated/α-hetero) is 1. The van der Waals surface area contributed by atoms with Crippen LogP contribution in [0.3, 0.4) is 0 Å². The van der Waals surface area contributed by atoms with Crippen molar-refractivity contribution < 1.29 is 22.8 Å². The lowest BCUT2D eigenvalue weighted by molar-refractivity contribution is -0.177. The van der Waals surface area contributed by atoms with Crippen LogP contribution in [-0.2, 0) is 9.59 Å². The van der Waals surface area contributed by atoms with Crippen molar-refractivity contribution in [2.24, 2.45) is 0 Å². The summed E-state index contributed by atoms with van der Waals surface area (Å²) in [6, 6.07) is 0. The van der Waals surface area contributed by atoms with Gasteiger partial charge in [-0.15, -0.1) is 11.6 Å². The van der Waals surface area contributed by atoms with E-state index >= 15 is 0 Å². The third-order valence-electron chi connectivity index (χ3n) is 2.47. The fourth-order valence-electron chi connectivity index (χ4n) is 1.42. The van der Waals surface area contributed by atoms with E-state index in [4.69, 9.17) is 11.6 Å². The molecule has 1 aliphatic carbocycles. The van der Waals surface area contributed by atoms with Gasteiger partial charge >= 0.3 is 12.1 Å². The van der Waals surface area contributed by atoms with Gasteiger partial charge in [0.2, 0.25) is 0 Å². The molecule has 7 heteroatoms. The summed E-state index contributed by atoms with van der Waals surface area (Å²) in [5.41, 5.74) is -1.38. The maximum absolute atomic E-state index is 12.0. The molecule has 15 heavy (non-hydrogen) atoms. The Balaban J connectivity index is 2.70. The fraction of sp³-hybridized carbons (Fsp3) is 0.750. The quantitative estimate of drug-likeness (QED) is 0.762. The van der Waals surface area contributed by atoms with Crippen molar-refractivity contribution in [3.05, 3.63) is 0 Å². The summed E-state index contributed by atoms with van der Waals surface area (Å²) in [4.78, 5) is 21.9. The lowest BCUT2D eigenvalue weighted by atomic mass is 9.74. The number of amides is 1. The molecule has 0 aromatic rings. The van der Waals surface area contributed by atoms with Crippen LogP contribution in [0.4, 0.5) is 13.2 Å². The molecule has 3 nitrogen and oxygen atoms in total. The summed E-state index contributed by atoms with van der Waals surface area (Å²) in [5.74, 6) is -3.04. The van der Waals surface area contributed by atoms with E-state index in [1.807, 2.05) is 0 Å². The SMILES string of the molecule is O=C(NC1(C(=O)CCl)CCC1)C(F)(F)F. The monoisotopic (exact) mass is 243 g/mol. The van der Waals surface area contributed by atoms with Crippen molar-refractivity contribution >= 4 is 23.3 Å². The molecule has 0 spiro atoms. The Morgan fingerprint density at radius 1 is 1.33 bits per heavy atom. The number of halogens is 4. The highest BCUT2D eigenvalue weighted by atomic mass is 35.5. The van der Waals surface area contributed by atoms with Gasteiger partial charge in [0.15, 0.2) is 5.78 Å². The van der Waals surface area contributed by atoms with E-state index in [9.17, 15) is 22.8 Å². The van der Waals surface area contributed by atoms with Crippen LogP contribution in [0.25, 0.3) is 0 Å². The number of nitrogens with one attached hydrogen (secondary N) is 1. The molecule has 0 aliphatic heterocycles. The molecule has 86 valence electrons. The van der Waals surface area contributed by atoms with Crippen LogP contribution in [0.2, 0.25) is 0 Å². The van der Waals surface area contributed by atoms with E-state index in [1.54, 1.807) is 5.32 Å². The van der Waals surface area contributed by atoms with Crippen molar-refractivity contribution in [1.82, 2.24) is 5.32 Å². The molecular weight excluding hydrogens is 235 g/mol. The molecule has 1 N–H and O–H groups in total. The Labute approximate surface area is 89.0 Å². The van der Waals surface area contributed by atoms with Crippen LogP contribution in [0, 0.1) is 0 Å². The van der Waals surface area contributed by atoms with Crippen molar-refractivity contribution in [2.45, 2.75) is 31.0 Å². The Bertz CT molecular complexity index is 286. The maximum Gasteiger partial charge on any atom is 0.471 e. The molecular formula is C8H9ClF3NO2. The number of hydrogen-bond donors (Lipinski definition) is 1. The first-order valence-corrected chi connectivity index (χ1v) is 4.84. The lowest BCUT2D eigenvalue weighted by Crippen LogP contribution is -2.62. The minimum absolute atomic E-state index is 0.223. The number of ketones is 1. The van der Waals surface area contributed by atoms with Crippen LogP contribution in [0.1, 0.15) is 19.3 Å². The Kier molecular flexibility index (Phi) is 3.28. The Morgan fingerprint density at radius 2 is 1.87 bits per heavy atom. The normalized spacial score (nSPS) is 19.2. The summed E-state index contributed by atoms with van der Waals surface area (Å²) < 4.78 is 35.9. The molecule has 0 saturated heterocycles. The molecule has 1 aliphatic rings. The van der Waals surface area contributed by atoms with Crippen LogP contribution in [0.5, 0.6) is 0 Å². The summed E-state index contributed by atoms with van der Waals surface area (Å²) in [5, 5.41) is 1.72. The molecule has 0 aromatic carbocycles. The number of rotatable bonds is 3. The molecule has 0 unspecified atom stereocenters. The zero-order valence-electron chi connectivity index (χ0n) is 7.66. The first kappa shape index (κ1) is 12.3. The van der Waals surface area contributed by atoms with Crippen LogP contribution in [0.15, 0.2) is 0 Å². The van der Waals surface area contributed by atoms with Crippen molar-refractivity contribution in [3.63, 3.8) is 0 Å². The number of alkyl halides is 4. The van der Waals surface area contributed by atoms with Gasteiger partial charge in [-0.1, -0.05) is 0 Å². The zero-order valence-corrected chi connectivity index (χ0v) is 8.41. The van der Waals surface area contributed by atoms with Gasteiger partial charge in [-0.05, 0) is 19.3 Å². The van der Waals surface area contributed by atoms with E-state index < -0.39 is 29.3 Å². The molecule has 0 radical (unpaired) electrons. The third kappa shape index (κ3) is 2.42. The van der Waals surface area contributed by atoms with E-state index in [2.05, 4.69) is 0 Å². The second-order valence-corrected chi connectivity index (χ2v) is 3.71. The van der Waals surface area contributed by atoms with Gasteiger partial charge in [-0.3, -0.25) is 9.59 Å². The summed E-state index contributed by atoms with van der Waals surface area (Å²) in [7, 11) is 0. The molecule has 0 atom stereocenters. The van der Waals surface area contributed by atoms with E-state index in [0.29, 0.717) is 6.42 Å². The van der Waals surface area contributed by atoms with Crippen molar-refractivity contribution in [3.8, 4) is 0 Å². The van der Waals surface area contributed by atoms with E-state index in [0.717, 1.165) is 0 Å². The van der Waals surface area contributed by atoms with Gasteiger partial charge in [0.25, 0.3) is 0 Å².